The Balaban J connectivity index is -0.000000122. The second-order valence-electron chi connectivity index (χ2n) is 7.55. The lowest BCUT2D eigenvalue weighted by atomic mass is 10.1. The molecule has 0 bridgehead atoms. The Morgan fingerprint density at radius 1 is 1.16 bits per heavy atom. The average molecular weight is 525 g/mol. The third-order valence-corrected chi connectivity index (χ3v) is 4.29. The molecule has 216 valence electrons. The third-order valence-electron chi connectivity index (χ3n) is 4.29. The molecule has 0 aromatic heterocycles. The molecule has 2 atom stereocenters. The van der Waals surface area contributed by atoms with Crippen LogP contribution in [0.5, 0.6) is 0 Å². The fraction of sp³-hybridized carbons (Fsp3) is 0.633. The zero-order valence-corrected chi connectivity index (χ0v) is 24.3. The molecule has 1 aliphatic rings. The first-order valence-electron chi connectivity index (χ1n) is 12.9. The minimum Gasteiger partial charge on any atom is -0.466 e. The molecule has 2 unspecified atom stereocenters. The predicted octanol–water partition coefficient (Wildman–Crippen LogP) is 7.34. The molecule has 0 spiro atoms. The molecule has 0 radical (unpaired) electrons. The maximum atomic E-state index is 10.6. The summed E-state index contributed by atoms with van der Waals surface area (Å²) in [6, 6.07) is 0. The van der Waals surface area contributed by atoms with Gasteiger partial charge in [-0.3, -0.25) is 4.79 Å². The van der Waals surface area contributed by atoms with Crippen LogP contribution in [0.4, 0.5) is 0 Å². The van der Waals surface area contributed by atoms with Gasteiger partial charge in [0.25, 0.3) is 0 Å². The molecule has 2 N–H and O–H groups in total. The van der Waals surface area contributed by atoms with Gasteiger partial charge in [-0.15, -0.1) is 6.58 Å². The summed E-state index contributed by atoms with van der Waals surface area (Å²) in [5, 5.41) is 0. The van der Waals surface area contributed by atoms with E-state index in [-0.39, 0.29) is 19.2 Å². The highest BCUT2D eigenvalue weighted by Gasteiger charge is 2.20. The first kappa shape index (κ1) is 44.2. The lowest BCUT2D eigenvalue weighted by Crippen LogP contribution is -2.10. The van der Waals surface area contributed by atoms with E-state index in [9.17, 15) is 14.4 Å². The van der Waals surface area contributed by atoms with E-state index in [0.29, 0.717) is 18.6 Å². The molecule has 1 amide bonds. The van der Waals surface area contributed by atoms with Crippen LogP contribution in [-0.2, 0) is 23.9 Å². The van der Waals surface area contributed by atoms with Gasteiger partial charge in [0.05, 0.1) is 19.3 Å². The van der Waals surface area contributed by atoms with Crippen LogP contribution in [0.1, 0.15) is 108 Å². The largest absolute Gasteiger partial charge is 0.466 e. The molecular weight excluding hydrogens is 468 g/mol. The summed E-state index contributed by atoms with van der Waals surface area (Å²) in [6.45, 7) is 19.8. The van der Waals surface area contributed by atoms with Crippen molar-refractivity contribution in [1.82, 2.24) is 0 Å². The van der Waals surface area contributed by atoms with Crippen LogP contribution < -0.4 is 5.73 Å². The number of nitrogens with zero attached hydrogens (tertiary/aromatic N) is 1. The van der Waals surface area contributed by atoms with Gasteiger partial charge >= 0.3 is 5.97 Å². The summed E-state index contributed by atoms with van der Waals surface area (Å²) >= 11 is 0. The molecule has 1 saturated heterocycles. The van der Waals surface area contributed by atoms with Crippen LogP contribution in [0.3, 0.4) is 0 Å². The number of esters is 1. The Kier molecular flexibility index (Phi) is 42.3. The van der Waals surface area contributed by atoms with E-state index in [2.05, 4.69) is 37.1 Å². The second kappa shape index (κ2) is 35.4. The number of methoxy groups -OCH3 is 1. The fourth-order valence-corrected chi connectivity index (χ4v) is 2.19. The lowest BCUT2D eigenvalue weighted by molar-refractivity contribution is -0.134. The van der Waals surface area contributed by atoms with Crippen molar-refractivity contribution in [3.63, 3.8) is 0 Å². The standard InChI is InChI=1S/C9H18O.C7H12N2O.C6H6O3.C5H10.C2H6.CH4/c1-3-4-5-9-7-6-8(2)10-9;1-3-5-6(8)9-7(10)4-2;1-9-6(8)4-2-3-5-7;1-4-5(2)3;1-2;/h8-9H,3-7H2,1-2H3;3,5H,4H2,1-2H3,(H2,8,9,10);2-4H,1H3;2,4H2,1,3H3;1-2H3;1H4/b;5-3-;4-2-;;;. The van der Waals surface area contributed by atoms with Crippen molar-refractivity contribution in [3.05, 3.63) is 42.5 Å². The molecule has 1 fully saturated rings. The maximum Gasteiger partial charge on any atom is 0.330 e. The van der Waals surface area contributed by atoms with Gasteiger partial charge in [0, 0.05) is 18.6 Å². The number of aliphatic imine (C=N–C) groups is 1. The molecule has 1 rings (SSSR count). The number of allylic oxidation sites excluding steroid dienone is 4. The number of hydrogen-bond donors (Lipinski definition) is 1. The van der Waals surface area contributed by atoms with Gasteiger partial charge in [-0.2, -0.15) is 4.99 Å². The monoisotopic (exact) mass is 524 g/mol. The number of hydrogen-bond acceptors (Lipinski definition) is 5. The Hall–Kier alpha value is -2.76. The molecule has 0 aliphatic carbocycles. The molecular formula is C30H56N2O5. The van der Waals surface area contributed by atoms with Gasteiger partial charge in [-0.05, 0) is 58.6 Å². The highest BCUT2D eigenvalue weighted by molar-refractivity contribution is 5.99. The Morgan fingerprint density at radius 3 is 2.08 bits per heavy atom. The molecule has 0 aromatic rings. The summed E-state index contributed by atoms with van der Waals surface area (Å²) in [7, 11) is 1.26. The number of ether oxygens (including phenoxy) is 2. The van der Waals surface area contributed by atoms with Crippen LogP contribution in [0.2, 0.25) is 0 Å². The fourth-order valence-electron chi connectivity index (χ4n) is 2.19. The summed E-state index contributed by atoms with van der Waals surface area (Å²) in [5.74, 6) is 1.08. The predicted molar refractivity (Wildman–Crippen MR) is 159 cm³/mol. The highest BCUT2D eigenvalue weighted by atomic mass is 16.5. The molecule has 7 nitrogen and oxygen atoms in total. The summed E-state index contributed by atoms with van der Waals surface area (Å²) in [5.41, 5.74) is 6.56. The minimum absolute atomic E-state index is 0. The third kappa shape index (κ3) is 40.7. The first-order chi connectivity index (χ1) is 17.1. The van der Waals surface area contributed by atoms with E-state index < -0.39 is 5.97 Å². The van der Waals surface area contributed by atoms with Gasteiger partial charge in [0.2, 0.25) is 5.91 Å². The number of rotatable bonds is 8. The molecule has 1 heterocycles. The van der Waals surface area contributed by atoms with Crippen molar-refractivity contribution in [1.29, 1.82) is 0 Å². The zero-order chi connectivity index (χ0) is 28.8. The van der Waals surface area contributed by atoms with Gasteiger partial charge in [0.15, 0.2) is 0 Å². The van der Waals surface area contributed by atoms with Crippen LogP contribution in [0.15, 0.2) is 47.5 Å². The number of amidine groups is 1. The van der Waals surface area contributed by atoms with Crippen LogP contribution >= 0.6 is 0 Å². The molecule has 0 saturated carbocycles. The molecule has 37 heavy (non-hydrogen) atoms. The van der Waals surface area contributed by atoms with E-state index in [1.54, 1.807) is 19.1 Å². The van der Waals surface area contributed by atoms with E-state index in [4.69, 9.17) is 10.5 Å². The number of unbranched alkanes of at least 4 members (excludes halogenated alkanes) is 1. The Labute approximate surface area is 228 Å². The highest BCUT2D eigenvalue weighted by Crippen LogP contribution is 2.22. The molecule has 7 heteroatoms. The first-order valence-corrected chi connectivity index (χ1v) is 12.9. The maximum absolute atomic E-state index is 10.6. The number of carbonyl (C=O) groups is 2. The number of amides is 1. The lowest BCUT2D eigenvalue weighted by Gasteiger charge is -2.08. The summed E-state index contributed by atoms with van der Waals surface area (Å²) in [4.78, 5) is 33.9. The zero-order valence-electron chi connectivity index (χ0n) is 24.3. The summed E-state index contributed by atoms with van der Waals surface area (Å²) in [6.07, 6.45) is 15.9. The van der Waals surface area contributed by atoms with E-state index in [0.717, 1.165) is 18.6 Å². The Bertz CT molecular complexity index is 690. The van der Waals surface area contributed by atoms with Crippen molar-refractivity contribution >= 4 is 23.7 Å². The second-order valence-corrected chi connectivity index (χ2v) is 7.55. The topological polar surface area (TPSA) is 108 Å². The van der Waals surface area contributed by atoms with Crippen LogP contribution in [0, 0.1) is 0 Å². The van der Waals surface area contributed by atoms with Gasteiger partial charge < -0.3 is 15.2 Å². The number of carbonyl (C=O) groups excluding carboxylic acids is 3. The van der Waals surface area contributed by atoms with Crippen LogP contribution in [0.25, 0.3) is 0 Å². The van der Waals surface area contributed by atoms with Crippen molar-refractivity contribution in [2.24, 2.45) is 10.7 Å². The number of nitrogens with two attached hydrogens (primary N) is 1. The molecule has 0 aromatic carbocycles. The van der Waals surface area contributed by atoms with Gasteiger partial charge in [0.1, 0.15) is 11.8 Å². The van der Waals surface area contributed by atoms with E-state index in [1.165, 1.54) is 56.8 Å². The van der Waals surface area contributed by atoms with Crippen molar-refractivity contribution < 1.29 is 23.9 Å². The van der Waals surface area contributed by atoms with E-state index >= 15 is 0 Å². The quantitative estimate of drug-likeness (QED) is 0.0677. The SMILES string of the molecule is C.C/C=C\C(N)=NC(=O)CC.C=C(C)CC.CC.CCCCC1CCC(C)O1.COC(=O)/C=C\C=C=O. The van der Waals surface area contributed by atoms with Crippen molar-refractivity contribution in [2.45, 2.75) is 120 Å². The van der Waals surface area contributed by atoms with Gasteiger partial charge in [-0.25, -0.2) is 9.59 Å². The Morgan fingerprint density at radius 2 is 1.73 bits per heavy atom. The van der Waals surface area contributed by atoms with Gasteiger partial charge in [-0.1, -0.05) is 66.5 Å². The average Bonchev–Trinajstić information content (AvgIpc) is 3.30. The van der Waals surface area contributed by atoms with E-state index in [1.807, 2.05) is 27.7 Å². The normalized spacial score (nSPS) is 15.5. The minimum atomic E-state index is -0.485. The summed E-state index contributed by atoms with van der Waals surface area (Å²) < 4.78 is 9.88. The van der Waals surface area contributed by atoms with Crippen LogP contribution in [-0.4, -0.2) is 43.0 Å². The van der Waals surface area contributed by atoms with Crippen molar-refractivity contribution in [2.75, 3.05) is 7.11 Å². The molecule has 1 aliphatic heterocycles. The smallest absolute Gasteiger partial charge is 0.330 e. The van der Waals surface area contributed by atoms with Crippen molar-refractivity contribution in [3.8, 4) is 0 Å².